The van der Waals surface area contributed by atoms with Crippen LogP contribution in [0.4, 0.5) is 5.69 Å². The number of carbonyl (C=O) groups is 1. The Hall–Kier alpha value is -2.70. The van der Waals surface area contributed by atoms with Gasteiger partial charge in [0.15, 0.2) is 5.69 Å². The first-order valence-corrected chi connectivity index (χ1v) is 10.5. The van der Waals surface area contributed by atoms with Crippen molar-refractivity contribution in [3.8, 4) is 5.69 Å². The van der Waals surface area contributed by atoms with Crippen LogP contribution in [0.5, 0.6) is 0 Å². The van der Waals surface area contributed by atoms with Gasteiger partial charge in [0.1, 0.15) is 0 Å². The van der Waals surface area contributed by atoms with Gasteiger partial charge < -0.3 is 4.90 Å². The molecule has 1 aromatic heterocycles. The summed E-state index contributed by atoms with van der Waals surface area (Å²) in [7, 11) is 1.88. The number of amides is 1. The van der Waals surface area contributed by atoms with E-state index in [-0.39, 0.29) is 11.6 Å². The molecule has 0 spiro atoms. The average molecular weight is 394 g/mol. The minimum absolute atomic E-state index is 0.00445. The summed E-state index contributed by atoms with van der Waals surface area (Å²) < 4.78 is 1.53. The number of carbonyl (C=O) groups excluding carboxylic acids is 1. The number of aromatic nitrogens is 2. The molecule has 0 atom stereocenters. The first-order valence-electron chi connectivity index (χ1n) is 10.5. The van der Waals surface area contributed by atoms with E-state index in [2.05, 4.69) is 5.10 Å². The van der Waals surface area contributed by atoms with E-state index in [1.54, 1.807) is 24.4 Å². The lowest BCUT2D eigenvalue weighted by Gasteiger charge is -2.57. The van der Waals surface area contributed by atoms with Gasteiger partial charge in [-0.25, -0.2) is 4.68 Å². The second-order valence-corrected chi connectivity index (χ2v) is 9.50. The van der Waals surface area contributed by atoms with E-state index < -0.39 is 4.92 Å². The van der Waals surface area contributed by atoms with Gasteiger partial charge in [-0.3, -0.25) is 14.9 Å². The number of non-ortho nitro benzene ring substituents is 1. The van der Waals surface area contributed by atoms with Crippen LogP contribution in [0, 0.1) is 33.3 Å². The third-order valence-corrected chi connectivity index (χ3v) is 7.20. The van der Waals surface area contributed by atoms with Gasteiger partial charge in [0.05, 0.1) is 10.6 Å². The Labute approximate surface area is 169 Å². The predicted molar refractivity (Wildman–Crippen MR) is 108 cm³/mol. The Bertz CT molecular complexity index is 931. The lowest BCUT2D eigenvalue weighted by molar-refractivity contribution is -0.384. The van der Waals surface area contributed by atoms with E-state index in [4.69, 9.17) is 0 Å². The molecule has 7 nitrogen and oxygen atoms in total. The first kappa shape index (κ1) is 18.3. The van der Waals surface area contributed by atoms with Gasteiger partial charge >= 0.3 is 0 Å². The molecular formula is C22H26N4O3. The molecule has 1 aromatic carbocycles. The molecule has 0 radical (unpaired) electrons. The van der Waals surface area contributed by atoms with Crippen molar-refractivity contribution in [2.24, 2.45) is 23.2 Å². The van der Waals surface area contributed by atoms with Crippen molar-refractivity contribution in [3.63, 3.8) is 0 Å². The zero-order valence-electron chi connectivity index (χ0n) is 16.7. The fourth-order valence-corrected chi connectivity index (χ4v) is 6.59. The fraction of sp³-hybridized carbons (Fsp3) is 0.545. The van der Waals surface area contributed by atoms with Gasteiger partial charge in [0.25, 0.3) is 11.6 Å². The summed E-state index contributed by atoms with van der Waals surface area (Å²) in [6.45, 7) is 0.805. The summed E-state index contributed by atoms with van der Waals surface area (Å²) in [6.07, 6.45) is 9.65. The highest BCUT2D eigenvalue weighted by Crippen LogP contribution is 2.60. The summed E-state index contributed by atoms with van der Waals surface area (Å²) in [5.74, 6) is 2.50. The van der Waals surface area contributed by atoms with E-state index in [1.165, 1.54) is 55.3 Å². The monoisotopic (exact) mass is 394 g/mol. The van der Waals surface area contributed by atoms with Crippen molar-refractivity contribution in [2.75, 3.05) is 13.6 Å². The van der Waals surface area contributed by atoms with Crippen LogP contribution in [0.15, 0.2) is 36.5 Å². The van der Waals surface area contributed by atoms with Crippen molar-refractivity contribution in [3.05, 3.63) is 52.3 Å². The third-order valence-electron chi connectivity index (χ3n) is 7.20. The summed E-state index contributed by atoms with van der Waals surface area (Å²) in [5, 5.41) is 15.4. The van der Waals surface area contributed by atoms with Crippen molar-refractivity contribution < 1.29 is 9.72 Å². The van der Waals surface area contributed by atoms with Gasteiger partial charge in [-0.2, -0.15) is 5.10 Å². The number of nitro groups is 1. The molecule has 29 heavy (non-hydrogen) atoms. The summed E-state index contributed by atoms with van der Waals surface area (Å²) in [6, 6.07) is 7.96. The smallest absolute Gasteiger partial charge is 0.274 e. The molecule has 2 aromatic rings. The predicted octanol–water partition coefficient (Wildman–Crippen LogP) is 4.07. The molecule has 4 fully saturated rings. The Kier molecular flexibility index (Phi) is 4.22. The topological polar surface area (TPSA) is 81.3 Å². The molecule has 4 saturated carbocycles. The van der Waals surface area contributed by atoms with Gasteiger partial charge in [-0.05, 0) is 73.8 Å². The highest BCUT2D eigenvalue weighted by molar-refractivity contribution is 5.92. The van der Waals surface area contributed by atoms with Crippen LogP contribution in [0.1, 0.15) is 49.0 Å². The molecule has 1 heterocycles. The number of nitrogens with zero attached hydrogens (tertiary/aromatic N) is 4. The van der Waals surface area contributed by atoms with E-state index in [1.807, 2.05) is 11.9 Å². The van der Waals surface area contributed by atoms with Crippen molar-refractivity contribution >= 4 is 11.6 Å². The first-order chi connectivity index (χ1) is 13.9. The normalized spacial score (nSPS) is 29.8. The highest BCUT2D eigenvalue weighted by atomic mass is 16.6. The Balaban J connectivity index is 1.31. The summed E-state index contributed by atoms with van der Waals surface area (Å²) in [4.78, 5) is 25.4. The standard InChI is InChI=1S/C22H26N4O3/c1-24(14-22-11-15-7-16(12-22)9-17(8-15)13-22)21(27)20-5-6-25(23-20)18-3-2-4-19(10-18)26(28)29/h2-6,10,15-17H,7-9,11-14H2,1H3. The summed E-state index contributed by atoms with van der Waals surface area (Å²) >= 11 is 0. The number of hydrogen-bond donors (Lipinski definition) is 0. The number of hydrogen-bond acceptors (Lipinski definition) is 4. The van der Waals surface area contributed by atoms with Crippen LogP contribution < -0.4 is 0 Å². The molecule has 4 bridgehead atoms. The molecule has 7 heteroatoms. The van der Waals surface area contributed by atoms with Crippen LogP contribution >= 0.6 is 0 Å². The quantitative estimate of drug-likeness (QED) is 0.565. The Morgan fingerprint density at radius 1 is 1.21 bits per heavy atom. The molecule has 6 rings (SSSR count). The maximum absolute atomic E-state index is 13.0. The molecule has 4 aliphatic carbocycles. The molecule has 152 valence electrons. The largest absolute Gasteiger partial charge is 0.340 e. The second kappa shape index (κ2) is 6.68. The molecule has 0 N–H and O–H groups in total. The molecule has 0 aliphatic heterocycles. The van der Waals surface area contributed by atoms with Gasteiger partial charge in [0, 0.05) is 31.9 Å². The zero-order valence-corrected chi connectivity index (χ0v) is 16.7. The lowest BCUT2D eigenvalue weighted by Crippen LogP contribution is -2.51. The van der Waals surface area contributed by atoms with Gasteiger partial charge in [-0.1, -0.05) is 6.07 Å². The third kappa shape index (κ3) is 3.32. The fourth-order valence-electron chi connectivity index (χ4n) is 6.59. The minimum atomic E-state index is -0.432. The molecule has 0 saturated heterocycles. The molecular weight excluding hydrogens is 368 g/mol. The van der Waals surface area contributed by atoms with Crippen molar-refractivity contribution in [2.45, 2.75) is 38.5 Å². The Morgan fingerprint density at radius 3 is 2.48 bits per heavy atom. The lowest BCUT2D eigenvalue weighted by atomic mass is 9.49. The Morgan fingerprint density at radius 2 is 1.86 bits per heavy atom. The van der Waals surface area contributed by atoms with Crippen molar-refractivity contribution in [1.29, 1.82) is 0 Å². The van der Waals surface area contributed by atoms with E-state index in [9.17, 15) is 14.9 Å². The van der Waals surface area contributed by atoms with Gasteiger partial charge in [-0.15, -0.1) is 0 Å². The second-order valence-electron chi connectivity index (χ2n) is 9.50. The number of benzene rings is 1. The van der Waals surface area contributed by atoms with Crippen LogP contribution in [0.3, 0.4) is 0 Å². The molecule has 1 amide bonds. The number of nitro benzene ring substituents is 1. The van der Waals surface area contributed by atoms with E-state index in [0.29, 0.717) is 16.8 Å². The van der Waals surface area contributed by atoms with Crippen LogP contribution in [-0.4, -0.2) is 39.1 Å². The van der Waals surface area contributed by atoms with Crippen molar-refractivity contribution in [1.82, 2.24) is 14.7 Å². The molecule has 4 aliphatic rings. The van der Waals surface area contributed by atoms with Crippen LogP contribution in [0.2, 0.25) is 0 Å². The number of rotatable bonds is 5. The van der Waals surface area contributed by atoms with E-state index >= 15 is 0 Å². The highest BCUT2D eigenvalue weighted by Gasteiger charge is 2.51. The van der Waals surface area contributed by atoms with E-state index in [0.717, 1.165) is 24.3 Å². The average Bonchev–Trinajstić information content (AvgIpc) is 3.16. The zero-order chi connectivity index (χ0) is 20.2. The minimum Gasteiger partial charge on any atom is -0.340 e. The van der Waals surface area contributed by atoms with Gasteiger partial charge in [0.2, 0.25) is 0 Å². The molecule has 0 unspecified atom stereocenters. The maximum Gasteiger partial charge on any atom is 0.274 e. The van der Waals surface area contributed by atoms with Crippen LogP contribution in [-0.2, 0) is 0 Å². The SMILES string of the molecule is CN(CC12CC3CC(CC(C3)C1)C2)C(=O)c1ccn(-c2cccc([N+](=O)[O-])c2)n1. The maximum atomic E-state index is 13.0. The summed E-state index contributed by atoms with van der Waals surface area (Å²) in [5.41, 5.74) is 1.25. The van der Waals surface area contributed by atoms with Crippen LogP contribution in [0.25, 0.3) is 5.69 Å².